The number of aliphatic hydroxyl groups is 1. The molecule has 1 unspecified atom stereocenters. The van der Waals surface area contributed by atoms with E-state index in [9.17, 15) is 18.7 Å². The van der Waals surface area contributed by atoms with E-state index in [1.807, 2.05) is 18.2 Å². The molecule has 2 saturated carbocycles. The van der Waals surface area contributed by atoms with Gasteiger partial charge in [-0.05, 0) is 37.8 Å². The summed E-state index contributed by atoms with van der Waals surface area (Å²) in [7, 11) is 0. The average molecular weight is 430 g/mol. The minimum atomic E-state index is -2.83. The first-order valence-electron chi connectivity index (χ1n) is 10.6. The molecule has 164 valence electrons. The molecule has 0 radical (unpaired) electrons. The second kappa shape index (κ2) is 7.12. The summed E-state index contributed by atoms with van der Waals surface area (Å²) in [5.74, 6) is -3.60. The van der Waals surface area contributed by atoms with Crippen molar-refractivity contribution in [1.82, 2.24) is 19.5 Å². The maximum atomic E-state index is 13.2. The van der Waals surface area contributed by atoms with E-state index in [1.54, 1.807) is 15.5 Å². The SMILES string of the molecule is N#CCC(=O)N1CC2(CCC(c3cccc4nc(N[C@H](O)C5CC5(F)F)nn34)CC2)C1. The van der Waals surface area contributed by atoms with Crippen LogP contribution in [0.2, 0.25) is 0 Å². The van der Waals surface area contributed by atoms with Crippen LogP contribution in [-0.4, -0.2) is 55.8 Å². The molecule has 1 spiro atoms. The van der Waals surface area contributed by atoms with Gasteiger partial charge in [-0.3, -0.25) is 4.79 Å². The average Bonchev–Trinajstić information content (AvgIpc) is 3.16. The van der Waals surface area contributed by atoms with E-state index in [-0.39, 0.29) is 36.0 Å². The summed E-state index contributed by atoms with van der Waals surface area (Å²) < 4.78 is 28.1. The third-order valence-electron chi connectivity index (χ3n) is 7.02. The number of halogens is 2. The first-order valence-corrected chi connectivity index (χ1v) is 10.6. The Morgan fingerprint density at radius 3 is 2.71 bits per heavy atom. The smallest absolute Gasteiger partial charge is 0.256 e. The number of carbonyl (C=O) groups is 1. The van der Waals surface area contributed by atoms with Crippen LogP contribution in [0.5, 0.6) is 0 Å². The number of anilines is 1. The van der Waals surface area contributed by atoms with E-state index < -0.39 is 18.1 Å². The molecule has 0 bridgehead atoms. The third kappa shape index (κ3) is 3.61. The van der Waals surface area contributed by atoms with Gasteiger partial charge in [0.25, 0.3) is 5.92 Å². The van der Waals surface area contributed by atoms with Gasteiger partial charge in [0.15, 0.2) is 5.65 Å². The van der Waals surface area contributed by atoms with Crippen LogP contribution in [0, 0.1) is 22.7 Å². The molecule has 31 heavy (non-hydrogen) atoms. The van der Waals surface area contributed by atoms with E-state index in [1.165, 1.54) is 0 Å². The molecule has 10 heteroatoms. The maximum absolute atomic E-state index is 13.2. The Bertz CT molecular complexity index is 1050. The molecule has 1 amide bonds. The second-order valence-corrected chi connectivity index (χ2v) is 9.18. The van der Waals surface area contributed by atoms with Crippen LogP contribution < -0.4 is 5.32 Å². The summed E-state index contributed by atoms with van der Waals surface area (Å²) in [6, 6.07) is 7.63. The van der Waals surface area contributed by atoms with Gasteiger partial charge in [0.2, 0.25) is 11.9 Å². The number of fused-ring (bicyclic) bond motifs is 1. The molecule has 2 aromatic rings. The third-order valence-corrected chi connectivity index (χ3v) is 7.02. The fourth-order valence-electron chi connectivity index (χ4n) is 5.07. The van der Waals surface area contributed by atoms with E-state index in [4.69, 9.17) is 5.26 Å². The lowest BCUT2D eigenvalue weighted by Crippen LogP contribution is -2.59. The van der Waals surface area contributed by atoms with Crippen molar-refractivity contribution in [2.24, 2.45) is 11.3 Å². The molecule has 2 aromatic heterocycles. The topological polar surface area (TPSA) is 107 Å². The van der Waals surface area contributed by atoms with E-state index in [0.29, 0.717) is 5.65 Å². The summed E-state index contributed by atoms with van der Waals surface area (Å²) in [5, 5.41) is 25.7. The molecule has 3 fully saturated rings. The molecule has 1 aliphatic heterocycles. The minimum Gasteiger partial charge on any atom is -0.373 e. The number of carbonyl (C=O) groups excluding carboxylic acids is 1. The van der Waals surface area contributed by atoms with E-state index >= 15 is 0 Å². The maximum Gasteiger partial charge on any atom is 0.256 e. The summed E-state index contributed by atoms with van der Waals surface area (Å²) in [6.07, 6.45) is 2.15. The van der Waals surface area contributed by atoms with Gasteiger partial charge in [0, 0.05) is 36.5 Å². The van der Waals surface area contributed by atoms with Crippen molar-refractivity contribution >= 4 is 17.5 Å². The standard InChI is InChI=1S/C21H24F2N6O2/c22-21(23)10-14(21)18(31)26-19-25-16-3-1-2-15(29(16)27-19)13-4-7-20(8-5-13)11-28(12-20)17(30)6-9-24/h1-3,13-14,18,31H,4-8,10-12H2,(H,26,27)/t14?,18-/m1/s1. The second-order valence-electron chi connectivity index (χ2n) is 9.18. The summed E-state index contributed by atoms with van der Waals surface area (Å²) in [5.41, 5.74) is 1.77. The van der Waals surface area contributed by atoms with Crippen LogP contribution in [0.4, 0.5) is 14.7 Å². The molecule has 2 atom stereocenters. The number of nitrogens with one attached hydrogen (secondary N) is 1. The minimum absolute atomic E-state index is 0.0591. The Balaban J connectivity index is 1.25. The normalized spacial score (nSPS) is 25.1. The van der Waals surface area contributed by atoms with Crippen molar-refractivity contribution < 1.29 is 18.7 Å². The van der Waals surface area contributed by atoms with Gasteiger partial charge in [0.05, 0.1) is 12.0 Å². The fraction of sp³-hybridized carbons (Fsp3) is 0.619. The summed E-state index contributed by atoms with van der Waals surface area (Å²) >= 11 is 0. The zero-order chi connectivity index (χ0) is 21.8. The number of hydrogen-bond acceptors (Lipinski definition) is 6. The highest BCUT2D eigenvalue weighted by Gasteiger charge is 2.60. The fourth-order valence-corrected chi connectivity index (χ4v) is 5.07. The Morgan fingerprint density at radius 2 is 2.06 bits per heavy atom. The molecule has 3 heterocycles. The monoisotopic (exact) mass is 430 g/mol. The Hall–Kier alpha value is -2.80. The number of nitriles is 1. The van der Waals surface area contributed by atoms with Crippen LogP contribution in [0.3, 0.4) is 0 Å². The number of amides is 1. The lowest BCUT2D eigenvalue weighted by atomic mass is 9.65. The van der Waals surface area contributed by atoms with Crippen molar-refractivity contribution in [1.29, 1.82) is 5.26 Å². The Kier molecular flexibility index (Phi) is 4.62. The number of aliphatic hydroxyl groups excluding tert-OH is 1. The molecule has 2 aliphatic carbocycles. The van der Waals surface area contributed by atoms with E-state index in [0.717, 1.165) is 44.5 Å². The lowest BCUT2D eigenvalue weighted by molar-refractivity contribution is -0.144. The number of alkyl halides is 2. The van der Waals surface area contributed by atoms with E-state index in [2.05, 4.69) is 15.4 Å². The Morgan fingerprint density at radius 1 is 1.35 bits per heavy atom. The number of hydrogen-bond donors (Lipinski definition) is 2. The van der Waals surface area contributed by atoms with Crippen molar-refractivity contribution in [3.05, 3.63) is 23.9 Å². The highest BCUT2D eigenvalue weighted by molar-refractivity contribution is 5.79. The highest BCUT2D eigenvalue weighted by atomic mass is 19.3. The van der Waals surface area contributed by atoms with Gasteiger partial charge in [-0.15, -0.1) is 5.10 Å². The van der Waals surface area contributed by atoms with Gasteiger partial charge in [-0.25, -0.2) is 13.3 Å². The molecular formula is C21H24F2N6O2. The number of nitrogens with zero attached hydrogens (tertiary/aromatic N) is 5. The number of aromatic nitrogens is 3. The van der Waals surface area contributed by atoms with Crippen LogP contribution in [0.15, 0.2) is 18.2 Å². The number of likely N-dealkylation sites (tertiary alicyclic amines) is 1. The molecule has 5 rings (SSSR count). The molecule has 2 N–H and O–H groups in total. The van der Waals surface area contributed by atoms with Crippen molar-refractivity contribution in [3.63, 3.8) is 0 Å². The Labute approximate surface area is 177 Å². The number of pyridine rings is 1. The van der Waals surface area contributed by atoms with Gasteiger partial charge >= 0.3 is 0 Å². The first-order chi connectivity index (χ1) is 14.8. The highest BCUT2D eigenvalue weighted by Crippen LogP contribution is 2.51. The summed E-state index contributed by atoms with van der Waals surface area (Å²) in [4.78, 5) is 18.0. The predicted octanol–water partition coefficient (Wildman–Crippen LogP) is 2.51. The quantitative estimate of drug-likeness (QED) is 0.706. The van der Waals surface area contributed by atoms with Crippen LogP contribution in [0.25, 0.3) is 5.65 Å². The van der Waals surface area contributed by atoms with Crippen LogP contribution in [0.1, 0.15) is 50.1 Å². The van der Waals surface area contributed by atoms with Gasteiger partial charge in [-0.1, -0.05) is 6.07 Å². The van der Waals surface area contributed by atoms with Crippen LogP contribution >= 0.6 is 0 Å². The lowest BCUT2D eigenvalue weighted by Gasteiger charge is -2.53. The first kappa shape index (κ1) is 20.1. The van der Waals surface area contributed by atoms with Crippen molar-refractivity contribution in [3.8, 4) is 6.07 Å². The largest absolute Gasteiger partial charge is 0.373 e. The zero-order valence-electron chi connectivity index (χ0n) is 17.0. The molecule has 3 aliphatic rings. The van der Waals surface area contributed by atoms with Gasteiger partial charge < -0.3 is 15.3 Å². The van der Waals surface area contributed by atoms with Gasteiger partial charge in [0.1, 0.15) is 12.6 Å². The van der Waals surface area contributed by atoms with Crippen molar-refractivity contribution in [2.45, 2.75) is 56.6 Å². The van der Waals surface area contributed by atoms with Crippen molar-refractivity contribution in [2.75, 3.05) is 18.4 Å². The van der Waals surface area contributed by atoms with Gasteiger partial charge in [-0.2, -0.15) is 10.2 Å². The molecule has 0 aromatic carbocycles. The van der Waals surface area contributed by atoms with Crippen LogP contribution in [-0.2, 0) is 4.79 Å². The zero-order valence-corrected chi connectivity index (χ0v) is 17.0. The molecule has 8 nitrogen and oxygen atoms in total. The molecule has 1 saturated heterocycles. The number of rotatable bonds is 5. The predicted molar refractivity (Wildman–Crippen MR) is 106 cm³/mol. The summed E-state index contributed by atoms with van der Waals surface area (Å²) in [6.45, 7) is 1.46. The molecular weight excluding hydrogens is 406 g/mol.